The van der Waals surface area contributed by atoms with Crippen LogP contribution in [0, 0.1) is 0 Å². The third kappa shape index (κ3) is 4.06. The highest BCUT2D eigenvalue weighted by Gasteiger charge is 2.36. The van der Waals surface area contributed by atoms with Crippen molar-refractivity contribution in [2.75, 3.05) is 13.7 Å². The van der Waals surface area contributed by atoms with Gasteiger partial charge in [-0.2, -0.15) is 10.1 Å². The van der Waals surface area contributed by atoms with E-state index in [0.29, 0.717) is 22.6 Å². The number of hydrogen-bond donors (Lipinski definition) is 1. The van der Waals surface area contributed by atoms with Crippen molar-refractivity contribution in [2.24, 2.45) is 7.05 Å². The molecule has 4 aromatic rings. The quantitative estimate of drug-likeness (QED) is 0.429. The van der Waals surface area contributed by atoms with E-state index in [-0.39, 0.29) is 12.4 Å². The molecule has 0 bridgehead atoms. The molecule has 0 saturated heterocycles. The SMILES string of the molecule is COc1c(C(C)(CNC(=O)c2nc(-c3ccccc3)no2)c2cccc(Cl)n2)cnn1C. The van der Waals surface area contributed by atoms with Crippen LogP contribution in [0.5, 0.6) is 5.88 Å². The molecule has 10 heteroatoms. The van der Waals surface area contributed by atoms with Crippen LogP contribution in [-0.4, -0.2) is 44.5 Å². The smallest absolute Gasteiger partial charge is 0.316 e. The van der Waals surface area contributed by atoms with E-state index in [1.54, 1.807) is 37.2 Å². The van der Waals surface area contributed by atoms with Crippen molar-refractivity contribution in [1.82, 2.24) is 30.2 Å². The normalized spacial score (nSPS) is 12.9. The first-order chi connectivity index (χ1) is 15.4. The van der Waals surface area contributed by atoms with Crippen LogP contribution in [0.3, 0.4) is 0 Å². The predicted molar refractivity (Wildman–Crippen MR) is 118 cm³/mol. The Hall–Kier alpha value is -3.72. The van der Waals surface area contributed by atoms with E-state index < -0.39 is 11.3 Å². The molecule has 32 heavy (non-hydrogen) atoms. The number of nitrogens with one attached hydrogen (secondary N) is 1. The van der Waals surface area contributed by atoms with Gasteiger partial charge in [0.15, 0.2) is 0 Å². The van der Waals surface area contributed by atoms with E-state index in [1.807, 2.05) is 43.3 Å². The van der Waals surface area contributed by atoms with Crippen LogP contribution in [0.2, 0.25) is 5.15 Å². The molecular formula is C22H21ClN6O3. The number of halogens is 1. The zero-order valence-electron chi connectivity index (χ0n) is 17.7. The molecule has 164 valence electrons. The number of nitrogens with zero attached hydrogens (tertiary/aromatic N) is 5. The summed E-state index contributed by atoms with van der Waals surface area (Å²) in [4.78, 5) is 21.5. The van der Waals surface area contributed by atoms with Crippen LogP contribution in [0.25, 0.3) is 11.4 Å². The van der Waals surface area contributed by atoms with E-state index >= 15 is 0 Å². The second-order valence-electron chi connectivity index (χ2n) is 7.34. The Morgan fingerprint density at radius 1 is 1.19 bits per heavy atom. The predicted octanol–water partition coefficient (Wildman–Crippen LogP) is 3.26. The van der Waals surface area contributed by atoms with E-state index in [1.165, 1.54) is 0 Å². The summed E-state index contributed by atoms with van der Waals surface area (Å²) in [6.07, 6.45) is 1.69. The van der Waals surface area contributed by atoms with Crippen LogP contribution in [0.15, 0.2) is 59.3 Å². The molecule has 0 radical (unpaired) electrons. The van der Waals surface area contributed by atoms with Crippen LogP contribution >= 0.6 is 11.6 Å². The molecule has 3 heterocycles. The minimum absolute atomic E-state index is 0.136. The first-order valence-electron chi connectivity index (χ1n) is 9.79. The van der Waals surface area contributed by atoms with Crippen molar-refractivity contribution >= 4 is 17.5 Å². The Morgan fingerprint density at radius 2 is 1.97 bits per heavy atom. The van der Waals surface area contributed by atoms with Crippen LogP contribution < -0.4 is 10.1 Å². The molecule has 9 nitrogen and oxygen atoms in total. The lowest BCUT2D eigenvalue weighted by Crippen LogP contribution is -2.40. The third-order valence-electron chi connectivity index (χ3n) is 5.21. The first-order valence-corrected chi connectivity index (χ1v) is 10.2. The molecule has 1 aromatic carbocycles. The molecule has 0 aliphatic heterocycles. The second-order valence-corrected chi connectivity index (χ2v) is 7.73. The van der Waals surface area contributed by atoms with Crippen molar-refractivity contribution in [3.8, 4) is 17.3 Å². The summed E-state index contributed by atoms with van der Waals surface area (Å²) in [5.74, 6) is 0.246. The van der Waals surface area contributed by atoms with Gasteiger partial charge in [-0.3, -0.25) is 4.79 Å². The molecule has 4 rings (SSSR count). The van der Waals surface area contributed by atoms with Gasteiger partial charge in [0.2, 0.25) is 11.7 Å². The molecule has 0 fully saturated rings. The van der Waals surface area contributed by atoms with Gasteiger partial charge in [0.05, 0.1) is 24.4 Å². The Bertz CT molecular complexity index is 1240. The molecule has 0 spiro atoms. The molecule has 0 saturated carbocycles. The van der Waals surface area contributed by atoms with Gasteiger partial charge < -0.3 is 14.6 Å². The lowest BCUT2D eigenvalue weighted by molar-refractivity contribution is 0.0903. The molecular weight excluding hydrogens is 432 g/mol. The van der Waals surface area contributed by atoms with Gasteiger partial charge in [-0.15, -0.1) is 0 Å². The number of pyridine rings is 1. The summed E-state index contributed by atoms with van der Waals surface area (Å²) >= 11 is 6.15. The summed E-state index contributed by atoms with van der Waals surface area (Å²) in [6.45, 7) is 2.08. The number of carbonyl (C=O) groups is 1. The number of aromatic nitrogens is 5. The van der Waals surface area contributed by atoms with Crippen molar-refractivity contribution < 1.29 is 14.1 Å². The van der Waals surface area contributed by atoms with Crippen molar-refractivity contribution in [3.63, 3.8) is 0 Å². The standard InChI is InChI=1S/C22H21ClN6O3/c1-22(16-10-7-11-17(23)26-16,15-12-25-29(2)21(15)31-3)13-24-19(30)20-27-18(28-32-20)14-8-5-4-6-9-14/h4-12H,13H2,1-3H3,(H,24,30). The fourth-order valence-corrected chi connectivity index (χ4v) is 3.60. The molecule has 1 unspecified atom stereocenters. The highest BCUT2D eigenvalue weighted by molar-refractivity contribution is 6.29. The van der Waals surface area contributed by atoms with E-state index in [4.69, 9.17) is 20.9 Å². The van der Waals surface area contributed by atoms with Gasteiger partial charge in [0, 0.05) is 24.7 Å². The minimum Gasteiger partial charge on any atom is -0.481 e. The lowest BCUT2D eigenvalue weighted by Gasteiger charge is -2.29. The highest BCUT2D eigenvalue weighted by atomic mass is 35.5. The Kier molecular flexibility index (Phi) is 5.91. The number of aryl methyl sites for hydroxylation is 1. The zero-order chi connectivity index (χ0) is 22.7. The summed E-state index contributed by atoms with van der Waals surface area (Å²) in [6, 6.07) is 14.6. The van der Waals surface area contributed by atoms with Gasteiger partial charge in [-0.25, -0.2) is 9.67 Å². The van der Waals surface area contributed by atoms with Crippen molar-refractivity contribution in [2.45, 2.75) is 12.3 Å². The van der Waals surface area contributed by atoms with Gasteiger partial charge in [-0.1, -0.05) is 53.2 Å². The van der Waals surface area contributed by atoms with Crippen molar-refractivity contribution in [1.29, 1.82) is 0 Å². The number of hydrogen-bond acceptors (Lipinski definition) is 7. The Balaban J connectivity index is 1.62. The second kappa shape index (κ2) is 8.80. The van der Waals surface area contributed by atoms with E-state index in [0.717, 1.165) is 11.1 Å². The number of ether oxygens (including phenoxy) is 1. The fraction of sp³-hybridized carbons (Fsp3) is 0.227. The molecule has 1 amide bonds. The summed E-state index contributed by atoms with van der Waals surface area (Å²) in [7, 11) is 3.34. The summed E-state index contributed by atoms with van der Waals surface area (Å²) < 4.78 is 12.3. The maximum atomic E-state index is 12.8. The monoisotopic (exact) mass is 452 g/mol. The Labute approximate surface area is 189 Å². The number of carbonyl (C=O) groups excluding carboxylic acids is 1. The number of methoxy groups -OCH3 is 1. The van der Waals surface area contributed by atoms with Crippen molar-refractivity contribution in [3.05, 3.63) is 77.0 Å². The first kappa shape index (κ1) is 21.5. The summed E-state index contributed by atoms with van der Waals surface area (Å²) in [5, 5.41) is 11.4. The third-order valence-corrected chi connectivity index (χ3v) is 5.42. The number of amides is 1. The average molecular weight is 453 g/mol. The molecule has 3 aromatic heterocycles. The highest BCUT2D eigenvalue weighted by Crippen LogP contribution is 2.36. The average Bonchev–Trinajstić information content (AvgIpc) is 3.45. The topological polar surface area (TPSA) is 108 Å². The summed E-state index contributed by atoms with van der Waals surface area (Å²) in [5.41, 5.74) is 1.34. The minimum atomic E-state index is -0.803. The molecule has 1 N–H and O–H groups in total. The zero-order valence-corrected chi connectivity index (χ0v) is 18.5. The van der Waals surface area contributed by atoms with Crippen LogP contribution in [0.4, 0.5) is 0 Å². The van der Waals surface area contributed by atoms with E-state index in [2.05, 4.69) is 25.5 Å². The van der Waals surface area contributed by atoms with Crippen LogP contribution in [-0.2, 0) is 12.5 Å². The van der Waals surface area contributed by atoms with Crippen LogP contribution in [0.1, 0.15) is 28.9 Å². The van der Waals surface area contributed by atoms with Gasteiger partial charge in [-0.05, 0) is 19.1 Å². The molecule has 0 aliphatic rings. The molecule has 0 aliphatic carbocycles. The maximum absolute atomic E-state index is 12.8. The van der Waals surface area contributed by atoms with E-state index in [9.17, 15) is 4.79 Å². The fourth-order valence-electron chi connectivity index (χ4n) is 3.44. The maximum Gasteiger partial charge on any atom is 0.316 e. The number of rotatable bonds is 7. The largest absolute Gasteiger partial charge is 0.481 e. The molecule has 1 atom stereocenters. The lowest BCUT2D eigenvalue weighted by atomic mass is 9.80. The van der Waals surface area contributed by atoms with Gasteiger partial charge in [0.25, 0.3) is 0 Å². The van der Waals surface area contributed by atoms with Gasteiger partial charge >= 0.3 is 11.8 Å². The van der Waals surface area contributed by atoms with Gasteiger partial charge in [0.1, 0.15) is 5.15 Å². The Morgan fingerprint density at radius 3 is 2.69 bits per heavy atom. The number of benzene rings is 1.